The lowest BCUT2D eigenvalue weighted by atomic mass is 10.2. The molecule has 1 rings (SSSR count). The zero-order valence-electron chi connectivity index (χ0n) is 11.0. The second-order valence-corrected chi connectivity index (χ2v) is 4.16. The molecule has 1 aromatic rings. The van der Waals surface area contributed by atoms with E-state index in [0.717, 1.165) is 0 Å². The smallest absolute Gasteiger partial charge is 0.242 e. The molecule has 4 nitrogen and oxygen atoms in total. The molecule has 0 heterocycles. The van der Waals surface area contributed by atoms with Crippen LogP contribution in [0.3, 0.4) is 0 Å². The fraction of sp³-hybridized carbons (Fsp3) is 0.357. The van der Waals surface area contributed by atoms with Crippen molar-refractivity contribution in [1.82, 2.24) is 4.90 Å². The van der Waals surface area contributed by atoms with Crippen molar-refractivity contribution in [2.75, 3.05) is 20.3 Å². The number of halogens is 1. The van der Waals surface area contributed by atoms with Crippen LogP contribution in [-0.2, 0) is 16.1 Å². The minimum absolute atomic E-state index is 0.129. The first-order valence-corrected chi connectivity index (χ1v) is 5.97. The van der Waals surface area contributed by atoms with Crippen molar-refractivity contribution in [2.45, 2.75) is 12.6 Å². The number of hydrogen-bond acceptors (Lipinski definition) is 3. The predicted molar refractivity (Wildman–Crippen MR) is 71.9 cm³/mol. The lowest BCUT2D eigenvalue weighted by molar-refractivity contribution is -0.133. The van der Waals surface area contributed by atoms with Crippen molar-refractivity contribution in [3.05, 3.63) is 48.3 Å². The Labute approximate surface area is 112 Å². The zero-order chi connectivity index (χ0) is 14.3. The first-order chi connectivity index (χ1) is 9.10. The van der Waals surface area contributed by atoms with E-state index in [1.54, 1.807) is 24.3 Å². The standard InChI is InChI=1S/C14H19FN2O2/c1-3-8-17(14(18)13(16)10-19-2)9-11-6-4-5-7-12(11)15/h3-7,13H,1,8-10,16H2,2H3. The maximum absolute atomic E-state index is 13.6. The molecular formula is C14H19FN2O2. The van der Waals surface area contributed by atoms with Gasteiger partial charge in [0.25, 0.3) is 0 Å². The Morgan fingerprint density at radius 2 is 2.26 bits per heavy atom. The Hall–Kier alpha value is -1.72. The topological polar surface area (TPSA) is 55.6 Å². The monoisotopic (exact) mass is 266 g/mol. The molecular weight excluding hydrogens is 247 g/mol. The second kappa shape index (κ2) is 7.66. The first-order valence-electron chi connectivity index (χ1n) is 5.97. The summed E-state index contributed by atoms with van der Waals surface area (Å²) >= 11 is 0. The number of carbonyl (C=O) groups excluding carboxylic acids is 1. The maximum atomic E-state index is 13.6. The van der Waals surface area contributed by atoms with E-state index in [0.29, 0.717) is 12.1 Å². The van der Waals surface area contributed by atoms with Crippen LogP contribution in [0.25, 0.3) is 0 Å². The Morgan fingerprint density at radius 3 is 2.84 bits per heavy atom. The molecule has 2 N–H and O–H groups in total. The summed E-state index contributed by atoms with van der Waals surface area (Å²) in [4.78, 5) is 13.5. The fourth-order valence-corrected chi connectivity index (χ4v) is 1.71. The number of hydrogen-bond donors (Lipinski definition) is 1. The van der Waals surface area contributed by atoms with E-state index in [2.05, 4.69) is 6.58 Å². The van der Waals surface area contributed by atoms with E-state index in [4.69, 9.17) is 10.5 Å². The average Bonchev–Trinajstić information content (AvgIpc) is 2.40. The molecule has 104 valence electrons. The number of rotatable bonds is 7. The van der Waals surface area contributed by atoms with Gasteiger partial charge in [-0.2, -0.15) is 0 Å². The third-order valence-electron chi connectivity index (χ3n) is 2.64. The third-order valence-corrected chi connectivity index (χ3v) is 2.64. The minimum atomic E-state index is -0.753. The van der Waals surface area contributed by atoms with Gasteiger partial charge in [0.15, 0.2) is 0 Å². The van der Waals surface area contributed by atoms with Crippen LogP contribution < -0.4 is 5.73 Å². The van der Waals surface area contributed by atoms with Crippen LogP contribution in [0.5, 0.6) is 0 Å². The van der Waals surface area contributed by atoms with Gasteiger partial charge in [-0.05, 0) is 6.07 Å². The highest BCUT2D eigenvalue weighted by molar-refractivity contribution is 5.82. The molecule has 19 heavy (non-hydrogen) atoms. The van der Waals surface area contributed by atoms with Gasteiger partial charge in [-0.1, -0.05) is 24.3 Å². The molecule has 0 saturated carbocycles. The van der Waals surface area contributed by atoms with E-state index >= 15 is 0 Å². The maximum Gasteiger partial charge on any atom is 0.242 e. The van der Waals surface area contributed by atoms with E-state index in [9.17, 15) is 9.18 Å². The molecule has 1 atom stereocenters. The van der Waals surface area contributed by atoms with Crippen LogP contribution >= 0.6 is 0 Å². The minimum Gasteiger partial charge on any atom is -0.383 e. The van der Waals surface area contributed by atoms with Crippen LogP contribution in [0.2, 0.25) is 0 Å². The van der Waals surface area contributed by atoms with Gasteiger partial charge in [-0.15, -0.1) is 6.58 Å². The second-order valence-electron chi connectivity index (χ2n) is 4.16. The summed E-state index contributed by atoms with van der Waals surface area (Å²) in [5.41, 5.74) is 6.15. The number of nitrogens with zero attached hydrogens (tertiary/aromatic N) is 1. The van der Waals surface area contributed by atoms with Gasteiger partial charge in [0.05, 0.1) is 6.61 Å². The fourth-order valence-electron chi connectivity index (χ4n) is 1.71. The summed E-state index contributed by atoms with van der Waals surface area (Å²) in [6.45, 7) is 4.19. The molecule has 5 heteroatoms. The lowest BCUT2D eigenvalue weighted by Gasteiger charge is -2.24. The molecule has 0 spiro atoms. The lowest BCUT2D eigenvalue weighted by Crippen LogP contribution is -2.45. The Bertz CT molecular complexity index is 437. The predicted octanol–water partition coefficient (Wildman–Crippen LogP) is 1.31. The summed E-state index contributed by atoms with van der Waals surface area (Å²) in [5, 5.41) is 0. The van der Waals surface area contributed by atoms with Crippen molar-refractivity contribution in [3.63, 3.8) is 0 Å². The molecule has 0 aromatic heterocycles. The molecule has 0 saturated heterocycles. The Balaban J connectivity index is 2.80. The molecule has 0 fully saturated rings. The van der Waals surface area contributed by atoms with Crippen molar-refractivity contribution >= 4 is 5.91 Å². The quantitative estimate of drug-likeness (QED) is 0.757. The van der Waals surface area contributed by atoms with Gasteiger partial charge in [-0.3, -0.25) is 4.79 Å². The van der Waals surface area contributed by atoms with E-state index in [1.165, 1.54) is 18.1 Å². The largest absolute Gasteiger partial charge is 0.383 e. The zero-order valence-corrected chi connectivity index (χ0v) is 11.0. The molecule has 0 aliphatic rings. The highest BCUT2D eigenvalue weighted by Crippen LogP contribution is 2.10. The number of benzene rings is 1. The first kappa shape index (κ1) is 15.3. The molecule has 0 bridgehead atoms. The van der Waals surface area contributed by atoms with Crippen molar-refractivity contribution < 1.29 is 13.9 Å². The summed E-state index contributed by atoms with van der Waals surface area (Å²) in [5.74, 6) is -0.630. The summed E-state index contributed by atoms with van der Waals surface area (Å²) in [6.07, 6.45) is 1.58. The third kappa shape index (κ3) is 4.46. The van der Waals surface area contributed by atoms with Crippen LogP contribution in [0.15, 0.2) is 36.9 Å². The van der Waals surface area contributed by atoms with Crippen LogP contribution in [0.1, 0.15) is 5.56 Å². The molecule has 0 radical (unpaired) electrons. The average molecular weight is 266 g/mol. The molecule has 1 aromatic carbocycles. The van der Waals surface area contributed by atoms with E-state index in [-0.39, 0.29) is 24.9 Å². The van der Waals surface area contributed by atoms with Crippen LogP contribution in [-0.4, -0.2) is 37.1 Å². The van der Waals surface area contributed by atoms with Gasteiger partial charge in [0, 0.05) is 25.8 Å². The SMILES string of the molecule is C=CCN(Cc1ccccc1F)C(=O)C(N)COC. The van der Waals surface area contributed by atoms with Crippen molar-refractivity contribution in [1.29, 1.82) is 0 Å². The molecule has 1 amide bonds. The highest BCUT2D eigenvalue weighted by Gasteiger charge is 2.21. The van der Waals surface area contributed by atoms with Crippen molar-refractivity contribution in [3.8, 4) is 0 Å². The van der Waals surface area contributed by atoms with Gasteiger partial charge < -0.3 is 15.4 Å². The summed E-state index contributed by atoms with van der Waals surface area (Å²) < 4.78 is 18.4. The summed E-state index contributed by atoms with van der Waals surface area (Å²) in [6, 6.07) is 5.58. The number of ether oxygens (including phenoxy) is 1. The molecule has 1 unspecified atom stereocenters. The number of methoxy groups -OCH3 is 1. The Morgan fingerprint density at radius 1 is 1.58 bits per heavy atom. The van der Waals surface area contributed by atoms with Gasteiger partial charge in [-0.25, -0.2) is 4.39 Å². The Kier molecular flexibility index (Phi) is 6.18. The van der Waals surface area contributed by atoms with Crippen molar-refractivity contribution in [2.24, 2.45) is 5.73 Å². The summed E-state index contributed by atoms with van der Waals surface area (Å²) in [7, 11) is 1.47. The molecule has 0 aliphatic heterocycles. The van der Waals surface area contributed by atoms with Crippen LogP contribution in [0.4, 0.5) is 4.39 Å². The van der Waals surface area contributed by atoms with E-state index < -0.39 is 6.04 Å². The molecule has 0 aliphatic carbocycles. The van der Waals surface area contributed by atoms with Gasteiger partial charge >= 0.3 is 0 Å². The number of nitrogens with two attached hydrogens (primary N) is 1. The van der Waals surface area contributed by atoms with Gasteiger partial charge in [0.2, 0.25) is 5.91 Å². The number of amides is 1. The highest BCUT2D eigenvalue weighted by atomic mass is 19.1. The normalized spacial score (nSPS) is 11.9. The van der Waals surface area contributed by atoms with Crippen LogP contribution in [0, 0.1) is 5.82 Å². The van der Waals surface area contributed by atoms with E-state index in [1.807, 2.05) is 0 Å². The number of carbonyl (C=O) groups is 1. The van der Waals surface area contributed by atoms with Gasteiger partial charge in [0.1, 0.15) is 11.9 Å².